The Morgan fingerprint density at radius 2 is 2.16 bits per heavy atom. The summed E-state index contributed by atoms with van der Waals surface area (Å²) in [6, 6.07) is 3.63. The van der Waals surface area contributed by atoms with Gasteiger partial charge in [-0.2, -0.15) is 5.10 Å². The van der Waals surface area contributed by atoms with E-state index < -0.39 is 11.6 Å². The Morgan fingerprint density at radius 3 is 2.79 bits per heavy atom. The van der Waals surface area contributed by atoms with E-state index in [4.69, 9.17) is 0 Å². The lowest BCUT2D eigenvalue weighted by Crippen LogP contribution is -2.12. The van der Waals surface area contributed by atoms with Crippen LogP contribution in [0.5, 0.6) is 0 Å². The van der Waals surface area contributed by atoms with E-state index in [0.29, 0.717) is 17.7 Å². The Kier molecular flexibility index (Phi) is 3.89. The number of aryl methyl sites for hydroxylation is 2. The second-order valence-electron chi connectivity index (χ2n) is 4.20. The van der Waals surface area contributed by atoms with E-state index in [1.807, 2.05) is 0 Å². The standard InChI is InChI=1S/C13H13F2N3O/c1-18-8-10(7-16-18)17-13(19)5-3-9-2-4-11(14)12(15)6-9/h2,4,6-8H,3,5H2,1H3,(H,17,19). The number of rotatable bonds is 4. The molecule has 4 nitrogen and oxygen atoms in total. The highest BCUT2D eigenvalue weighted by Crippen LogP contribution is 2.11. The first-order valence-corrected chi connectivity index (χ1v) is 5.77. The molecule has 1 aromatic heterocycles. The van der Waals surface area contributed by atoms with Gasteiger partial charge in [-0.05, 0) is 24.1 Å². The summed E-state index contributed by atoms with van der Waals surface area (Å²) < 4.78 is 27.3. The summed E-state index contributed by atoms with van der Waals surface area (Å²) in [6.45, 7) is 0. The van der Waals surface area contributed by atoms with E-state index >= 15 is 0 Å². The van der Waals surface area contributed by atoms with Crippen molar-refractivity contribution in [3.05, 3.63) is 47.8 Å². The van der Waals surface area contributed by atoms with Crippen LogP contribution in [0.2, 0.25) is 0 Å². The van der Waals surface area contributed by atoms with E-state index in [2.05, 4.69) is 10.4 Å². The van der Waals surface area contributed by atoms with E-state index in [0.717, 1.165) is 12.1 Å². The molecule has 0 unspecified atom stereocenters. The first kappa shape index (κ1) is 13.2. The molecule has 0 radical (unpaired) electrons. The van der Waals surface area contributed by atoms with Crippen molar-refractivity contribution >= 4 is 11.6 Å². The van der Waals surface area contributed by atoms with Gasteiger partial charge in [-0.15, -0.1) is 0 Å². The molecule has 6 heteroatoms. The van der Waals surface area contributed by atoms with E-state index in [1.54, 1.807) is 17.9 Å². The third-order valence-electron chi connectivity index (χ3n) is 2.61. The van der Waals surface area contributed by atoms with Crippen LogP contribution in [0.25, 0.3) is 0 Å². The Morgan fingerprint density at radius 1 is 1.37 bits per heavy atom. The van der Waals surface area contributed by atoms with Crippen LogP contribution in [0.15, 0.2) is 30.6 Å². The molecule has 0 saturated carbocycles. The molecular weight excluding hydrogens is 252 g/mol. The molecule has 0 atom stereocenters. The molecule has 0 saturated heterocycles. The van der Waals surface area contributed by atoms with Crippen molar-refractivity contribution in [3.8, 4) is 0 Å². The molecule has 2 aromatic rings. The molecular formula is C13H13F2N3O. The predicted molar refractivity (Wildman–Crippen MR) is 66.5 cm³/mol. The van der Waals surface area contributed by atoms with Crippen LogP contribution in [0, 0.1) is 11.6 Å². The highest BCUT2D eigenvalue weighted by Gasteiger charge is 2.07. The third-order valence-corrected chi connectivity index (χ3v) is 2.61. The fraction of sp³-hybridized carbons (Fsp3) is 0.231. The zero-order chi connectivity index (χ0) is 13.8. The molecule has 0 aliphatic carbocycles. The SMILES string of the molecule is Cn1cc(NC(=O)CCc2ccc(F)c(F)c2)cn1. The Bertz CT molecular complexity index is 595. The zero-order valence-corrected chi connectivity index (χ0v) is 10.4. The van der Waals surface area contributed by atoms with Gasteiger partial charge >= 0.3 is 0 Å². The van der Waals surface area contributed by atoms with Gasteiger partial charge in [-0.1, -0.05) is 6.07 Å². The highest BCUT2D eigenvalue weighted by molar-refractivity contribution is 5.90. The Balaban J connectivity index is 1.88. The minimum Gasteiger partial charge on any atom is -0.323 e. The lowest BCUT2D eigenvalue weighted by molar-refractivity contribution is -0.116. The molecule has 1 aromatic carbocycles. The smallest absolute Gasteiger partial charge is 0.224 e. The monoisotopic (exact) mass is 265 g/mol. The minimum absolute atomic E-state index is 0.194. The predicted octanol–water partition coefficient (Wildman–Crippen LogP) is 2.27. The number of aromatic nitrogens is 2. The number of carbonyl (C=O) groups excluding carboxylic acids is 1. The fourth-order valence-electron chi connectivity index (χ4n) is 1.66. The number of benzene rings is 1. The van der Waals surface area contributed by atoms with Gasteiger partial charge in [0.1, 0.15) is 0 Å². The highest BCUT2D eigenvalue weighted by atomic mass is 19.2. The van der Waals surface area contributed by atoms with Crippen LogP contribution >= 0.6 is 0 Å². The number of hydrogen-bond acceptors (Lipinski definition) is 2. The maximum Gasteiger partial charge on any atom is 0.224 e. The zero-order valence-electron chi connectivity index (χ0n) is 10.4. The van der Waals surface area contributed by atoms with Crippen LogP contribution in [0.1, 0.15) is 12.0 Å². The van der Waals surface area contributed by atoms with E-state index in [-0.39, 0.29) is 12.3 Å². The number of amides is 1. The minimum atomic E-state index is -0.898. The van der Waals surface area contributed by atoms with Gasteiger partial charge in [0.15, 0.2) is 11.6 Å². The summed E-state index contributed by atoms with van der Waals surface area (Å²) in [5, 5.41) is 6.59. The number of carbonyl (C=O) groups is 1. The van der Waals surface area contributed by atoms with Gasteiger partial charge < -0.3 is 5.32 Å². The maximum atomic E-state index is 13.0. The normalized spacial score (nSPS) is 10.5. The number of hydrogen-bond donors (Lipinski definition) is 1. The molecule has 0 aliphatic heterocycles. The summed E-state index contributed by atoms with van der Waals surface area (Å²) >= 11 is 0. The average molecular weight is 265 g/mol. The van der Waals surface area contributed by atoms with Crippen molar-refractivity contribution in [2.75, 3.05) is 5.32 Å². The Labute approximate surface area is 109 Å². The average Bonchev–Trinajstić information content (AvgIpc) is 2.76. The Hall–Kier alpha value is -2.24. The van der Waals surface area contributed by atoms with Crippen LogP contribution in [-0.4, -0.2) is 15.7 Å². The molecule has 1 amide bonds. The largest absolute Gasteiger partial charge is 0.323 e. The second kappa shape index (κ2) is 5.60. The van der Waals surface area contributed by atoms with Gasteiger partial charge in [0, 0.05) is 19.7 Å². The van der Waals surface area contributed by atoms with Crippen LogP contribution in [0.3, 0.4) is 0 Å². The number of nitrogens with zero attached hydrogens (tertiary/aromatic N) is 2. The topological polar surface area (TPSA) is 46.9 Å². The quantitative estimate of drug-likeness (QED) is 0.921. The van der Waals surface area contributed by atoms with Crippen molar-refractivity contribution in [3.63, 3.8) is 0 Å². The van der Waals surface area contributed by atoms with Gasteiger partial charge in [0.2, 0.25) is 5.91 Å². The third kappa shape index (κ3) is 3.61. The van der Waals surface area contributed by atoms with Crippen molar-refractivity contribution in [2.45, 2.75) is 12.8 Å². The summed E-state index contributed by atoms with van der Waals surface area (Å²) in [4.78, 5) is 11.6. The second-order valence-corrected chi connectivity index (χ2v) is 4.20. The van der Waals surface area contributed by atoms with Crippen molar-refractivity contribution in [2.24, 2.45) is 7.05 Å². The van der Waals surface area contributed by atoms with E-state index in [9.17, 15) is 13.6 Å². The summed E-state index contributed by atoms with van der Waals surface area (Å²) in [5.41, 5.74) is 1.19. The summed E-state index contributed by atoms with van der Waals surface area (Å²) in [6.07, 6.45) is 3.76. The van der Waals surface area contributed by atoms with Gasteiger partial charge in [-0.3, -0.25) is 9.48 Å². The van der Waals surface area contributed by atoms with Gasteiger partial charge in [0.25, 0.3) is 0 Å². The van der Waals surface area contributed by atoms with Gasteiger partial charge in [-0.25, -0.2) is 8.78 Å². The first-order chi connectivity index (χ1) is 9.04. The van der Waals surface area contributed by atoms with Crippen LogP contribution in [-0.2, 0) is 18.3 Å². The molecule has 1 N–H and O–H groups in total. The summed E-state index contributed by atoms with van der Waals surface area (Å²) in [5.74, 6) is -1.98. The fourth-order valence-corrected chi connectivity index (χ4v) is 1.66. The number of nitrogens with one attached hydrogen (secondary N) is 1. The van der Waals surface area contributed by atoms with E-state index in [1.165, 1.54) is 12.3 Å². The lowest BCUT2D eigenvalue weighted by Gasteiger charge is -2.03. The van der Waals surface area contributed by atoms with Crippen LogP contribution in [0.4, 0.5) is 14.5 Å². The molecule has 100 valence electrons. The number of halogens is 2. The molecule has 0 spiro atoms. The number of anilines is 1. The molecule has 1 heterocycles. The molecule has 2 rings (SSSR count). The molecule has 0 fully saturated rings. The summed E-state index contributed by atoms with van der Waals surface area (Å²) in [7, 11) is 1.75. The van der Waals surface area contributed by atoms with Crippen molar-refractivity contribution < 1.29 is 13.6 Å². The lowest BCUT2D eigenvalue weighted by atomic mass is 10.1. The first-order valence-electron chi connectivity index (χ1n) is 5.77. The molecule has 19 heavy (non-hydrogen) atoms. The van der Waals surface area contributed by atoms with Crippen LogP contribution < -0.4 is 5.32 Å². The van der Waals surface area contributed by atoms with Crippen molar-refractivity contribution in [1.82, 2.24) is 9.78 Å². The molecule has 0 bridgehead atoms. The maximum absolute atomic E-state index is 13.0. The van der Waals surface area contributed by atoms with Crippen molar-refractivity contribution in [1.29, 1.82) is 0 Å². The van der Waals surface area contributed by atoms with Gasteiger partial charge in [0.05, 0.1) is 11.9 Å². The molecule has 0 aliphatic rings.